The zero-order valence-electron chi connectivity index (χ0n) is 12.8. The van der Waals surface area contributed by atoms with Gasteiger partial charge in [-0.05, 0) is 47.8 Å². The van der Waals surface area contributed by atoms with E-state index < -0.39 is 17.5 Å². The number of benzene rings is 2. The first-order valence-electron chi connectivity index (χ1n) is 7.23. The van der Waals surface area contributed by atoms with Crippen molar-refractivity contribution in [2.24, 2.45) is 0 Å². The Morgan fingerprint density at radius 3 is 2.64 bits per heavy atom. The second kappa shape index (κ2) is 7.63. The summed E-state index contributed by atoms with van der Waals surface area (Å²) in [5.41, 5.74) is 0.599. The minimum absolute atomic E-state index is 0.197. The number of halogens is 3. The summed E-state index contributed by atoms with van der Waals surface area (Å²) in [7, 11) is 0. The van der Waals surface area contributed by atoms with E-state index in [2.05, 4.69) is 5.32 Å². The molecule has 3 rings (SSSR count). The lowest BCUT2D eigenvalue weighted by Gasteiger charge is -2.05. The summed E-state index contributed by atoms with van der Waals surface area (Å²) in [6, 6.07) is 11.5. The maximum absolute atomic E-state index is 13.6. The Bertz CT molecular complexity index is 896. The third-order valence-corrected chi connectivity index (χ3v) is 4.50. The standard InChI is InChI=1S/C18H12ClF2NO2S/c19-12-1-4-14(5-2-12)24-9-11-7-17(25-10-11)18(23)22-16-8-13(20)3-6-15(16)21/h1-8,10H,9H2,(H,22,23). The largest absolute Gasteiger partial charge is 0.489 e. The van der Waals surface area contributed by atoms with Gasteiger partial charge in [-0.15, -0.1) is 11.3 Å². The SMILES string of the molecule is O=C(Nc1cc(F)ccc1F)c1cc(COc2ccc(Cl)cc2)cs1. The van der Waals surface area contributed by atoms with Crippen molar-refractivity contribution in [3.05, 3.63) is 81.0 Å². The summed E-state index contributed by atoms with van der Waals surface area (Å²) in [6.07, 6.45) is 0. The lowest BCUT2D eigenvalue weighted by atomic mass is 10.2. The summed E-state index contributed by atoms with van der Waals surface area (Å²) in [5, 5.41) is 4.75. The summed E-state index contributed by atoms with van der Waals surface area (Å²) in [5.74, 6) is -1.17. The van der Waals surface area contributed by atoms with Gasteiger partial charge in [-0.25, -0.2) is 8.78 Å². The van der Waals surface area contributed by atoms with E-state index in [1.807, 2.05) is 0 Å². The predicted octanol–water partition coefficient (Wildman–Crippen LogP) is 5.51. The molecule has 3 aromatic rings. The van der Waals surface area contributed by atoms with Crippen molar-refractivity contribution in [1.29, 1.82) is 0 Å². The predicted molar refractivity (Wildman–Crippen MR) is 94.4 cm³/mol. The van der Waals surface area contributed by atoms with Crippen molar-refractivity contribution in [3.63, 3.8) is 0 Å². The average Bonchev–Trinajstić information content (AvgIpc) is 3.07. The highest BCUT2D eigenvalue weighted by Gasteiger charge is 2.13. The van der Waals surface area contributed by atoms with Crippen molar-refractivity contribution in [2.45, 2.75) is 6.61 Å². The van der Waals surface area contributed by atoms with Crippen LogP contribution in [0.25, 0.3) is 0 Å². The molecule has 1 amide bonds. The molecule has 0 aliphatic rings. The normalized spacial score (nSPS) is 10.5. The Morgan fingerprint density at radius 1 is 1.12 bits per heavy atom. The van der Waals surface area contributed by atoms with Crippen LogP contribution in [-0.4, -0.2) is 5.91 Å². The number of anilines is 1. The maximum Gasteiger partial charge on any atom is 0.265 e. The quantitative estimate of drug-likeness (QED) is 0.634. The smallest absolute Gasteiger partial charge is 0.265 e. The molecule has 0 aliphatic carbocycles. The Labute approximate surface area is 151 Å². The number of ether oxygens (including phenoxy) is 1. The second-order valence-electron chi connectivity index (χ2n) is 5.14. The van der Waals surface area contributed by atoms with E-state index in [0.29, 0.717) is 15.6 Å². The highest BCUT2D eigenvalue weighted by atomic mass is 35.5. The average molecular weight is 380 g/mol. The molecule has 0 fully saturated rings. The monoisotopic (exact) mass is 379 g/mol. The molecular weight excluding hydrogens is 368 g/mol. The minimum atomic E-state index is -0.697. The molecule has 0 aliphatic heterocycles. The van der Waals surface area contributed by atoms with Gasteiger partial charge < -0.3 is 10.1 Å². The van der Waals surface area contributed by atoms with E-state index in [9.17, 15) is 13.6 Å². The van der Waals surface area contributed by atoms with E-state index >= 15 is 0 Å². The van der Waals surface area contributed by atoms with E-state index in [0.717, 1.165) is 23.8 Å². The molecule has 2 aromatic carbocycles. The van der Waals surface area contributed by atoms with Crippen LogP contribution in [0.1, 0.15) is 15.2 Å². The van der Waals surface area contributed by atoms with Crippen molar-refractivity contribution >= 4 is 34.5 Å². The van der Waals surface area contributed by atoms with Crippen LogP contribution in [0, 0.1) is 11.6 Å². The van der Waals surface area contributed by atoms with Crippen molar-refractivity contribution in [2.75, 3.05) is 5.32 Å². The third-order valence-electron chi connectivity index (χ3n) is 3.27. The summed E-state index contributed by atoms with van der Waals surface area (Å²) in [6.45, 7) is 0.278. The molecule has 128 valence electrons. The molecule has 0 atom stereocenters. The van der Waals surface area contributed by atoms with Gasteiger partial charge in [0.2, 0.25) is 0 Å². The molecule has 0 saturated heterocycles. The summed E-state index contributed by atoms with van der Waals surface area (Å²) >= 11 is 7.00. The Hall–Kier alpha value is -2.44. The molecule has 3 nitrogen and oxygen atoms in total. The van der Waals surface area contributed by atoms with Gasteiger partial charge in [-0.1, -0.05) is 11.6 Å². The lowest BCUT2D eigenvalue weighted by Crippen LogP contribution is -2.11. The van der Waals surface area contributed by atoms with Crippen molar-refractivity contribution in [1.82, 2.24) is 0 Å². The molecule has 25 heavy (non-hydrogen) atoms. The molecule has 1 aromatic heterocycles. The molecule has 0 saturated carbocycles. The van der Waals surface area contributed by atoms with Gasteiger partial charge in [0.05, 0.1) is 10.6 Å². The van der Waals surface area contributed by atoms with Crippen LogP contribution < -0.4 is 10.1 Å². The van der Waals surface area contributed by atoms with Crippen LogP contribution in [0.2, 0.25) is 5.02 Å². The number of carbonyl (C=O) groups excluding carboxylic acids is 1. The van der Waals surface area contributed by atoms with E-state index in [1.54, 1.807) is 35.7 Å². The Kier molecular flexibility index (Phi) is 5.31. The van der Waals surface area contributed by atoms with Gasteiger partial charge in [-0.2, -0.15) is 0 Å². The lowest BCUT2D eigenvalue weighted by molar-refractivity contribution is 0.103. The summed E-state index contributed by atoms with van der Waals surface area (Å²) < 4.78 is 32.3. The molecule has 1 heterocycles. The highest BCUT2D eigenvalue weighted by molar-refractivity contribution is 7.12. The number of carbonyl (C=O) groups is 1. The minimum Gasteiger partial charge on any atom is -0.489 e. The van der Waals surface area contributed by atoms with Gasteiger partial charge in [0.15, 0.2) is 0 Å². The molecule has 0 spiro atoms. The van der Waals surface area contributed by atoms with Crippen molar-refractivity contribution in [3.8, 4) is 5.75 Å². The fourth-order valence-corrected chi connectivity index (χ4v) is 2.96. The summed E-state index contributed by atoms with van der Waals surface area (Å²) in [4.78, 5) is 12.5. The number of hydrogen-bond acceptors (Lipinski definition) is 3. The maximum atomic E-state index is 13.6. The zero-order valence-corrected chi connectivity index (χ0v) is 14.3. The molecule has 7 heteroatoms. The van der Waals surface area contributed by atoms with Crippen LogP contribution in [0.5, 0.6) is 5.75 Å². The number of hydrogen-bond donors (Lipinski definition) is 1. The number of amides is 1. The molecule has 0 unspecified atom stereocenters. The highest BCUT2D eigenvalue weighted by Crippen LogP contribution is 2.22. The molecule has 0 radical (unpaired) electrons. The van der Waals surface area contributed by atoms with E-state index in [-0.39, 0.29) is 12.3 Å². The van der Waals surface area contributed by atoms with E-state index in [4.69, 9.17) is 16.3 Å². The van der Waals surface area contributed by atoms with Crippen LogP contribution >= 0.6 is 22.9 Å². The Morgan fingerprint density at radius 2 is 1.88 bits per heavy atom. The van der Waals surface area contributed by atoms with Gasteiger partial charge in [-0.3, -0.25) is 4.79 Å². The first-order valence-corrected chi connectivity index (χ1v) is 8.49. The van der Waals surface area contributed by atoms with E-state index in [1.165, 1.54) is 11.3 Å². The van der Waals surface area contributed by atoms with Gasteiger partial charge >= 0.3 is 0 Å². The molecule has 1 N–H and O–H groups in total. The number of nitrogens with one attached hydrogen (secondary N) is 1. The fraction of sp³-hybridized carbons (Fsp3) is 0.0556. The molecule has 0 bridgehead atoms. The first-order chi connectivity index (χ1) is 12.0. The van der Waals surface area contributed by atoms with Crippen LogP contribution in [0.15, 0.2) is 53.9 Å². The topological polar surface area (TPSA) is 38.3 Å². The van der Waals surface area contributed by atoms with Gasteiger partial charge in [0, 0.05) is 16.7 Å². The van der Waals surface area contributed by atoms with Gasteiger partial charge in [0.25, 0.3) is 5.91 Å². The first kappa shape index (κ1) is 17.4. The number of thiophene rings is 1. The van der Waals surface area contributed by atoms with Crippen molar-refractivity contribution < 1.29 is 18.3 Å². The zero-order chi connectivity index (χ0) is 17.8. The number of rotatable bonds is 5. The van der Waals surface area contributed by atoms with Gasteiger partial charge in [0.1, 0.15) is 24.0 Å². The van der Waals surface area contributed by atoms with Crippen LogP contribution in [0.3, 0.4) is 0 Å². The Balaban J connectivity index is 1.63. The fourth-order valence-electron chi connectivity index (χ4n) is 2.05. The van der Waals surface area contributed by atoms with Crippen LogP contribution in [-0.2, 0) is 6.61 Å². The molecular formula is C18H12ClF2NO2S. The van der Waals surface area contributed by atoms with Crippen LogP contribution in [0.4, 0.5) is 14.5 Å². The second-order valence-corrected chi connectivity index (χ2v) is 6.49. The third kappa shape index (κ3) is 4.55.